The maximum absolute atomic E-state index is 12.9. The minimum Gasteiger partial charge on any atom is -0.352 e. The largest absolute Gasteiger partial charge is 0.352 e. The van der Waals surface area contributed by atoms with Crippen LogP contribution in [0.2, 0.25) is 5.02 Å². The highest BCUT2D eigenvalue weighted by atomic mass is 35.5. The van der Waals surface area contributed by atoms with Crippen molar-refractivity contribution in [1.29, 1.82) is 0 Å². The van der Waals surface area contributed by atoms with Crippen LogP contribution in [0.1, 0.15) is 55.6 Å². The predicted molar refractivity (Wildman–Crippen MR) is 125 cm³/mol. The predicted octanol–water partition coefficient (Wildman–Crippen LogP) is 4.61. The van der Waals surface area contributed by atoms with E-state index in [0.29, 0.717) is 29.6 Å². The third-order valence-electron chi connectivity index (χ3n) is 6.15. The maximum atomic E-state index is 12.9. The molecule has 1 aromatic carbocycles. The first-order valence-electron chi connectivity index (χ1n) is 11.2. The number of aromatic nitrogens is 3. The number of hydrogen-bond acceptors (Lipinski definition) is 4. The molecule has 31 heavy (non-hydrogen) atoms. The molecule has 6 nitrogen and oxygen atoms in total. The summed E-state index contributed by atoms with van der Waals surface area (Å²) in [5.74, 6) is -0.0820. The van der Waals surface area contributed by atoms with Crippen molar-refractivity contribution >= 4 is 23.2 Å². The summed E-state index contributed by atoms with van der Waals surface area (Å²) in [6.45, 7) is 7.20. The van der Waals surface area contributed by atoms with Crippen molar-refractivity contribution in [3.05, 3.63) is 52.8 Å². The van der Waals surface area contributed by atoms with Crippen LogP contribution < -0.4 is 5.32 Å². The molecule has 0 radical (unpaired) electrons. The number of benzene rings is 1. The third-order valence-corrected chi connectivity index (χ3v) is 6.40. The van der Waals surface area contributed by atoms with Crippen molar-refractivity contribution in [3.63, 3.8) is 0 Å². The Labute approximate surface area is 188 Å². The lowest BCUT2D eigenvalue weighted by Gasteiger charge is -2.33. The van der Waals surface area contributed by atoms with Gasteiger partial charge in [0.25, 0.3) is 5.91 Å². The molecule has 1 fully saturated rings. The standard InChI is InChI=1S/C24H30ClN5O/c1-3-22-20(24(31)26-12-6-14-29-13-5-4-7-17(29)2)16-27-23-15-21(28-30(22)23)18-8-10-19(25)11-9-18/h8-11,15-17H,3-7,12-14H2,1-2H3,(H,26,31). The number of rotatable bonds is 7. The van der Waals surface area contributed by atoms with Gasteiger partial charge in [-0.1, -0.05) is 37.1 Å². The van der Waals surface area contributed by atoms with Gasteiger partial charge in [-0.2, -0.15) is 5.10 Å². The lowest BCUT2D eigenvalue weighted by Crippen LogP contribution is -2.39. The van der Waals surface area contributed by atoms with E-state index in [4.69, 9.17) is 16.7 Å². The highest BCUT2D eigenvalue weighted by Crippen LogP contribution is 2.23. The second kappa shape index (κ2) is 9.79. The summed E-state index contributed by atoms with van der Waals surface area (Å²) in [6.07, 6.45) is 7.20. The molecule has 2 aromatic heterocycles. The third kappa shape index (κ3) is 4.91. The van der Waals surface area contributed by atoms with Gasteiger partial charge < -0.3 is 10.2 Å². The molecule has 0 bridgehead atoms. The molecule has 7 heteroatoms. The van der Waals surface area contributed by atoms with Crippen molar-refractivity contribution in [2.24, 2.45) is 0 Å². The number of likely N-dealkylation sites (tertiary alicyclic amines) is 1. The van der Waals surface area contributed by atoms with Gasteiger partial charge in [0.2, 0.25) is 0 Å². The Morgan fingerprint density at radius 3 is 2.81 bits per heavy atom. The Hall–Kier alpha value is -2.44. The second-order valence-electron chi connectivity index (χ2n) is 8.27. The number of piperidine rings is 1. The Bertz CT molecular complexity index is 1050. The molecule has 1 amide bonds. The fraction of sp³-hybridized carbons (Fsp3) is 0.458. The summed E-state index contributed by atoms with van der Waals surface area (Å²) >= 11 is 6.00. The lowest BCUT2D eigenvalue weighted by atomic mass is 10.0. The minimum absolute atomic E-state index is 0.0820. The highest BCUT2D eigenvalue weighted by Gasteiger charge is 2.19. The van der Waals surface area contributed by atoms with Gasteiger partial charge in [0, 0.05) is 42.0 Å². The molecule has 4 rings (SSSR count). The van der Waals surface area contributed by atoms with E-state index in [-0.39, 0.29) is 5.91 Å². The summed E-state index contributed by atoms with van der Waals surface area (Å²) in [7, 11) is 0. The molecule has 1 saturated heterocycles. The van der Waals surface area contributed by atoms with Crippen LogP contribution in [-0.2, 0) is 6.42 Å². The molecular weight excluding hydrogens is 410 g/mol. The van der Waals surface area contributed by atoms with Gasteiger partial charge in [0.05, 0.1) is 17.0 Å². The quantitative estimate of drug-likeness (QED) is 0.546. The monoisotopic (exact) mass is 439 g/mol. The number of fused-ring (bicyclic) bond motifs is 1. The summed E-state index contributed by atoms with van der Waals surface area (Å²) in [5, 5.41) is 8.48. The van der Waals surface area contributed by atoms with Crippen LogP contribution >= 0.6 is 11.6 Å². The number of amides is 1. The van der Waals surface area contributed by atoms with E-state index < -0.39 is 0 Å². The van der Waals surface area contributed by atoms with Crippen LogP contribution in [0.4, 0.5) is 0 Å². The van der Waals surface area contributed by atoms with Crippen molar-refractivity contribution < 1.29 is 4.79 Å². The Morgan fingerprint density at radius 1 is 1.26 bits per heavy atom. The van der Waals surface area contributed by atoms with Crippen molar-refractivity contribution in [3.8, 4) is 11.3 Å². The van der Waals surface area contributed by atoms with Crippen LogP contribution in [-0.4, -0.2) is 51.1 Å². The zero-order valence-corrected chi connectivity index (χ0v) is 19.0. The highest BCUT2D eigenvalue weighted by molar-refractivity contribution is 6.30. The number of nitrogens with zero attached hydrogens (tertiary/aromatic N) is 4. The summed E-state index contributed by atoms with van der Waals surface area (Å²) in [4.78, 5) is 19.9. The van der Waals surface area contributed by atoms with Crippen molar-refractivity contribution in [1.82, 2.24) is 24.8 Å². The van der Waals surface area contributed by atoms with E-state index in [1.807, 2.05) is 37.3 Å². The fourth-order valence-electron chi connectivity index (χ4n) is 4.34. The average Bonchev–Trinajstić information content (AvgIpc) is 3.22. The van der Waals surface area contributed by atoms with Gasteiger partial charge >= 0.3 is 0 Å². The Kier molecular flexibility index (Phi) is 6.88. The smallest absolute Gasteiger partial charge is 0.254 e. The Balaban J connectivity index is 1.45. The number of halogens is 1. The van der Waals surface area contributed by atoms with E-state index >= 15 is 0 Å². The van der Waals surface area contributed by atoms with Gasteiger partial charge in [-0.3, -0.25) is 4.79 Å². The van der Waals surface area contributed by atoms with Crippen LogP contribution in [0.3, 0.4) is 0 Å². The SMILES string of the molecule is CCc1c(C(=O)NCCCN2CCCCC2C)cnc2cc(-c3ccc(Cl)cc3)nn12. The van der Waals surface area contributed by atoms with E-state index in [9.17, 15) is 4.79 Å². The second-order valence-corrected chi connectivity index (χ2v) is 8.71. The fourth-order valence-corrected chi connectivity index (χ4v) is 4.47. The molecule has 3 heterocycles. The molecule has 0 spiro atoms. The van der Waals surface area contributed by atoms with Gasteiger partial charge in [0.15, 0.2) is 5.65 Å². The first-order valence-corrected chi connectivity index (χ1v) is 11.6. The number of aryl methyl sites for hydroxylation is 1. The minimum atomic E-state index is -0.0820. The molecule has 1 aliphatic rings. The van der Waals surface area contributed by atoms with Crippen molar-refractivity contribution in [2.75, 3.05) is 19.6 Å². The van der Waals surface area contributed by atoms with E-state index in [0.717, 1.165) is 35.6 Å². The van der Waals surface area contributed by atoms with Crippen LogP contribution in [0, 0.1) is 0 Å². The van der Waals surface area contributed by atoms with Gasteiger partial charge in [-0.05, 0) is 51.3 Å². The van der Waals surface area contributed by atoms with E-state index in [1.165, 1.54) is 25.8 Å². The number of carbonyl (C=O) groups is 1. The van der Waals surface area contributed by atoms with Crippen LogP contribution in [0.15, 0.2) is 36.5 Å². The zero-order valence-electron chi connectivity index (χ0n) is 18.3. The van der Waals surface area contributed by atoms with Gasteiger partial charge in [-0.15, -0.1) is 0 Å². The van der Waals surface area contributed by atoms with Gasteiger partial charge in [0.1, 0.15) is 0 Å². The van der Waals surface area contributed by atoms with Crippen LogP contribution in [0.5, 0.6) is 0 Å². The van der Waals surface area contributed by atoms with Crippen molar-refractivity contribution in [2.45, 2.75) is 52.0 Å². The molecule has 164 valence electrons. The lowest BCUT2D eigenvalue weighted by molar-refractivity contribution is 0.0947. The molecule has 3 aromatic rings. The van der Waals surface area contributed by atoms with Crippen LogP contribution in [0.25, 0.3) is 16.9 Å². The van der Waals surface area contributed by atoms with Gasteiger partial charge in [-0.25, -0.2) is 9.50 Å². The molecular formula is C24H30ClN5O. The molecule has 0 saturated carbocycles. The molecule has 0 aliphatic carbocycles. The Morgan fingerprint density at radius 2 is 2.06 bits per heavy atom. The number of carbonyl (C=O) groups excluding carboxylic acids is 1. The average molecular weight is 440 g/mol. The number of hydrogen-bond donors (Lipinski definition) is 1. The molecule has 1 unspecified atom stereocenters. The maximum Gasteiger partial charge on any atom is 0.254 e. The summed E-state index contributed by atoms with van der Waals surface area (Å²) < 4.78 is 1.79. The van der Waals surface area contributed by atoms with E-state index in [1.54, 1.807) is 10.7 Å². The molecule has 1 atom stereocenters. The first-order chi connectivity index (χ1) is 15.1. The summed E-state index contributed by atoms with van der Waals surface area (Å²) in [6, 6.07) is 10.2. The topological polar surface area (TPSA) is 62.5 Å². The molecule has 1 aliphatic heterocycles. The van der Waals surface area contributed by atoms with E-state index in [2.05, 4.69) is 22.1 Å². The molecule has 1 N–H and O–H groups in total. The zero-order chi connectivity index (χ0) is 21.8. The normalized spacial score (nSPS) is 17.2. The number of nitrogens with one attached hydrogen (secondary N) is 1. The summed E-state index contributed by atoms with van der Waals surface area (Å²) in [5.41, 5.74) is 3.97. The first kappa shape index (κ1) is 21.8.